The average Bonchev–Trinajstić information content (AvgIpc) is 2.91. The second kappa shape index (κ2) is 13.9. The molecule has 4 rings (SSSR count). The van der Waals surface area contributed by atoms with E-state index < -0.39 is 17.8 Å². The lowest BCUT2D eigenvalue weighted by Gasteiger charge is -2.26. The van der Waals surface area contributed by atoms with Crippen LogP contribution >= 0.6 is 67.8 Å². The first-order valence-electron chi connectivity index (χ1n) is 13.1. The molecule has 0 unspecified atom stereocenters. The Bertz CT molecular complexity index is 1350. The molecule has 0 N–H and O–H groups in total. The number of rotatable bonds is 12. The Balaban J connectivity index is 1.47. The Labute approximate surface area is 264 Å². The van der Waals surface area contributed by atoms with Crippen molar-refractivity contribution >= 4 is 96.3 Å². The predicted molar refractivity (Wildman–Crippen MR) is 175 cm³/mol. The number of unbranched alkanes of at least 4 members (excludes halogenated alkanes) is 8. The summed E-state index contributed by atoms with van der Waals surface area (Å²) in [5.74, 6) is -1.95. The first kappa shape index (κ1) is 29.7. The number of amides is 2. The van der Waals surface area contributed by atoms with Gasteiger partial charge in [0.2, 0.25) is 0 Å². The highest BCUT2D eigenvalue weighted by Crippen LogP contribution is 2.34. The molecule has 0 saturated carbocycles. The van der Waals surface area contributed by atoms with Gasteiger partial charge in [-0.05, 0) is 116 Å². The Morgan fingerprint density at radius 2 is 1.37 bits per heavy atom. The fourth-order valence-electron chi connectivity index (χ4n) is 4.90. The molecule has 0 aliphatic carbocycles. The van der Waals surface area contributed by atoms with Crippen LogP contribution in [0.4, 0.5) is 0 Å². The van der Waals surface area contributed by atoms with Crippen LogP contribution in [0.3, 0.4) is 0 Å². The number of hydrogen-bond acceptors (Lipinski definition) is 4. The van der Waals surface area contributed by atoms with Crippen LogP contribution in [0.25, 0.3) is 10.8 Å². The highest BCUT2D eigenvalue weighted by Gasteiger charge is 2.37. The Kier molecular flexibility index (Phi) is 10.8. The van der Waals surface area contributed by atoms with E-state index in [9.17, 15) is 14.4 Å². The van der Waals surface area contributed by atoms with E-state index in [1.165, 1.54) is 51.4 Å². The molecular weight excluding hydrogens is 819 g/mol. The first-order chi connectivity index (χ1) is 18.3. The molecule has 1 heterocycles. The average molecular weight is 849 g/mol. The van der Waals surface area contributed by atoms with Gasteiger partial charge in [0, 0.05) is 16.1 Å². The van der Waals surface area contributed by atoms with Crippen molar-refractivity contribution in [2.75, 3.05) is 0 Å². The molecule has 5 nitrogen and oxygen atoms in total. The van der Waals surface area contributed by atoms with Crippen LogP contribution in [0.1, 0.15) is 101 Å². The van der Waals surface area contributed by atoms with E-state index in [2.05, 4.69) is 74.7 Å². The van der Waals surface area contributed by atoms with Crippen LogP contribution in [0.5, 0.6) is 0 Å². The molecule has 3 aromatic rings. The number of nitrogens with zero attached hydrogens (tertiary/aromatic N) is 1. The first-order valence-corrected chi connectivity index (χ1v) is 16.4. The molecule has 0 atom stereocenters. The minimum atomic E-state index is -0.725. The highest BCUT2D eigenvalue weighted by molar-refractivity contribution is 14.1. The second-order valence-corrected chi connectivity index (χ2v) is 13.0. The van der Waals surface area contributed by atoms with E-state index in [0.717, 1.165) is 30.9 Å². The predicted octanol–water partition coefficient (Wildman–Crippen LogP) is 9.09. The van der Waals surface area contributed by atoms with E-state index in [-0.39, 0.29) is 0 Å². The summed E-state index contributed by atoms with van der Waals surface area (Å²) >= 11 is 6.28. The molecule has 1 aliphatic heterocycles. The minimum absolute atomic E-state index is 0.346. The minimum Gasteiger partial charge on any atom is -0.324 e. The molecule has 2 amide bonds. The third kappa shape index (κ3) is 6.54. The molecule has 0 aromatic heterocycles. The molecule has 200 valence electrons. The molecule has 8 heteroatoms. The summed E-state index contributed by atoms with van der Waals surface area (Å²) in [4.78, 5) is 45.3. The van der Waals surface area contributed by atoms with E-state index in [1.54, 1.807) is 12.1 Å². The van der Waals surface area contributed by atoms with Crippen molar-refractivity contribution in [1.29, 1.82) is 0 Å². The summed E-state index contributed by atoms with van der Waals surface area (Å²) < 4.78 is 2.31. The van der Waals surface area contributed by atoms with Gasteiger partial charge in [-0.1, -0.05) is 81.6 Å². The number of hydroxylamine groups is 2. The quantitative estimate of drug-likeness (QED) is 0.0791. The van der Waals surface area contributed by atoms with Gasteiger partial charge < -0.3 is 4.84 Å². The zero-order valence-electron chi connectivity index (χ0n) is 21.3. The van der Waals surface area contributed by atoms with Crippen LogP contribution in [-0.4, -0.2) is 22.8 Å². The van der Waals surface area contributed by atoms with Crippen molar-refractivity contribution in [3.05, 3.63) is 75.4 Å². The fourth-order valence-corrected chi connectivity index (χ4v) is 7.23. The third-order valence-corrected chi connectivity index (χ3v) is 10.9. The lowest BCUT2D eigenvalue weighted by atomic mass is 9.90. The van der Waals surface area contributed by atoms with Gasteiger partial charge in [-0.15, -0.1) is 0 Å². The lowest BCUT2D eigenvalue weighted by molar-refractivity contribution is -0.0622. The lowest BCUT2D eigenvalue weighted by Crippen LogP contribution is -2.42. The van der Waals surface area contributed by atoms with Gasteiger partial charge in [-0.2, -0.15) is 0 Å². The van der Waals surface area contributed by atoms with Crippen molar-refractivity contribution in [2.24, 2.45) is 0 Å². The van der Waals surface area contributed by atoms with Gasteiger partial charge in [-0.25, -0.2) is 4.79 Å². The normalized spacial score (nSPS) is 12.9. The monoisotopic (exact) mass is 849 g/mol. The van der Waals surface area contributed by atoms with Crippen LogP contribution in [-0.2, 0) is 11.3 Å². The maximum atomic E-state index is 13.4. The zero-order valence-corrected chi connectivity index (χ0v) is 27.8. The van der Waals surface area contributed by atoms with Crippen molar-refractivity contribution in [3.8, 4) is 0 Å². The molecule has 0 bridgehead atoms. The van der Waals surface area contributed by atoms with Crippen LogP contribution in [0.15, 0.2) is 42.5 Å². The summed E-state index contributed by atoms with van der Waals surface area (Å²) in [5, 5.41) is 2.20. The Morgan fingerprint density at radius 3 is 2.05 bits per heavy atom. The SMILES string of the molecule is CCCCCCCCCCCc1ccc2c3c(cccc13)C(=O)N(OC(=O)c1c(I)ccc(I)c1I)C2=O. The molecule has 0 radical (unpaired) electrons. The largest absolute Gasteiger partial charge is 0.366 e. The molecular formula is C30H30I3NO4. The standard InChI is InChI=1S/C30H30I3NO4/c1-2-3-4-5-6-7-8-9-10-12-19-15-16-22-25-20(19)13-11-14-21(25)28(35)34(29(22)36)38-30(37)26-23(31)17-18-24(32)27(26)33/h11,13-18H,2-10,12H2,1H3. The molecule has 3 aromatic carbocycles. The molecule has 38 heavy (non-hydrogen) atoms. The number of carbonyl (C=O) groups excluding carboxylic acids is 3. The highest BCUT2D eigenvalue weighted by atomic mass is 127. The van der Waals surface area contributed by atoms with E-state index in [1.807, 2.05) is 30.3 Å². The maximum absolute atomic E-state index is 13.4. The molecule has 0 fully saturated rings. The maximum Gasteiger partial charge on any atom is 0.366 e. The smallest absolute Gasteiger partial charge is 0.324 e. The topological polar surface area (TPSA) is 63.7 Å². The summed E-state index contributed by atoms with van der Waals surface area (Å²) in [6.45, 7) is 2.24. The van der Waals surface area contributed by atoms with Crippen molar-refractivity contribution in [2.45, 2.75) is 71.1 Å². The van der Waals surface area contributed by atoms with Crippen LogP contribution in [0.2, 0.25) is 0 Å². The van der Waals surface area contributed by atoms with Crippen LogP contribution in [0, 0.1) is 10.7 Å². The van der Waals surface area contributed by atoms with Gasteiger partial charge in [0.25, 0.3) is 11.8 Å². The van der Waals surface area contributed by atoms with Crippen molar-refractivity contribution in [1.82, 2.24) is 5.06 Å². The van der Waals surface area contributed by atoms with Gasteiger partial charge in [0.05, 0.1) is 16.7 Å². The summed E-state index contributed by atoms with van der Waals surface area (Å²) in [6.07, 6.45) is 12.3. The van der Waals surface area contributed by atoms with E-state index in [0.29, 0.717) is 30.7 Å². The van der Waals surface area contributed by atoms with E-state index in [4.69, 9.17) is 4.84 Å². The van der Waals surface area contributed by atoms with Crippen LogP contribution < -0.4 is 0 Å². The molecule has 1 aliphatic rings. The van der Waals surface area contributed by atoms with Crippen molar-refractivity contribution in [3.63, 3.8) is 0 Å². The molecule has 0 spiro atoms. The summed E-state index contributed by atoms with van der Waals surface area (Å²) in [6, 6.07) is 13.0. The zero-order chi connectivity index (χ0) is 27.2. The van der Waals surface area contributed by atoms with Gasteiger partial charge in [0.15, 0.2) is 0 Å². The number of carbonyl (C=O) groups is 3. The van der Waals surface area contributed by atoms with E-state index >= 15 is 0 Å². The second-order valence-electron chi connectivity index (χ2n) is 9.58. The molecule has 0 saturated heterocycles. The van der Waals surface area contributed by atoms with Gasteiger partial charge in [-0.3, -0.25) is 9.59 Å². The van der Waals surface area contributed by atoms with Crippen molar-refractivity contribution < 1.29 is 19.2 Å². The number of halogens is 3. The number of aryl methyl sites for hydroxylation is 1. The summed E-state index contributed by atoms with van der Waals surface area (Å²) in [7, 11) is 0. The Hall–Kier alpha value is -1.28. The van der Waals surface area contributed by atoms with Gasteiger partial charge >= 0.3 is 5.97 Å². The number of benzene rings is 3. The summed E-state index contributed by atoms with van der Waals surface area (Å²) in [5.41, 5.74) is 2.25. The number of imide groups is 1. The van der Waals surface area contributed by atoms with Gasteiger partial charge in [0.1, 0.15) is 0 Å². The third-order valence-electron chi connectivity index (χ3n) is 6.93. The Morgan fingerprint density at radius 1 is 0.763 bits per heavy atom. The number of hydrogen-bond donors (Lipinski definition) is 0. The fraction of sp³-hybridized carbons (Fsp3) is 0.367.